The van der Waals surface area contributed by atoms with Crippen LogP contribution < -0.4 is 4.74 Å². The molecular formula is C22H21ClN2O5. The lowest BCUT2D eigenvalue weighted by Gasteiger charge is -2.40. The van der Waals surface area contributed by atoms with Crippen molar-refractivity contribution < 1.29 is 24.2 Å². The normalized spacial score (nSPS) is 18.2. The Kier molecular flexibility index (Phi) is 5.30. The summed E-state index contributed by atoms with van der Waals surface area (Å²) in [4.78, 5) is 30.5. The van der Waals surface area contributed by atoms with Gasteiger partial charge in [-0.2, -0.15) is 0 Å². The number of phenolic OH excluding ortho intramolecular Hbond substituents is 1. The molecule has 7 nitrogen and oxygen atoms in total. The first-order chi connectivity index (χ1) is 14.5. The Morgan fingerprint density at radius 1 is 1.23 bits per heavy atom. The van der Waals surface area contributed by atoms with E-state index >= 15 is 0 Å². The Labute approximate surface area is 178 Å². The maximum atomic E-state index is 12.9. The fourth-order valence-electron chi connectivity index (χ4n) is 4.20. The minimum Gasteiger partial charge on any atom is -0.504 e. The number of H-pyrrole nitrogens is 1. The number of carbonyl (C=O) groups is 2. The summed E-state index contributed by atoms with van der Waals surface area (Å²) in [6.07, 6.45) is 0.306. The molecule has 0 spiro atoms. The number of amides is 1. The number of esters is 1. The van der Waals surface area contributed by atoms with Gasteiger partial charge in [0.1, 0.15) is 11.9 Å². The van der Waals surface area contributed by atoms with Crippen molar-refractivity contribution in [1.29, 1.82) is 0 Å². The molecule has 30 heavy (non-hydrogen) atoms. The molecule has 2 heterocycles. The Hall–Kier alpha value is -3.19. The van der Waals surface area contributed by atoms with Gasteiger partial charge >= 0.3 is 5.97 Å². The van der Waals surface area contributed by atoms with Crippen molar-refractivity contribution in [1.82, 2.24) is 9.88 Å². The summed E-state index contributed by atoms with van der Waals surface area (Å²) in [6, 6.07) is 11.2. The number of benzene rings is 2. The van der Waals surface area contributed by atoms with E-state index in [9.17, 15) is 14.7 Å². The number of para-hydroxylation sites is 1. The zero-order chi connectivity index (χ0) is 21.4. The van der Waals surface area contributed by atoms with E-state index in [2.05, 4.69) is 4.98 Å². The van der Waals surface area contributed by atoms with E-state index in [1.807, 2.05) is 24.3 Å². The maximum absolute atomic E-state index is 12.9. The second-order valence-corrected chi connectivity index (χ2v) is 7.34. The van der Waals surface area contributed by atoms with Crippen LogP contribution in [0.5, 0.6) is 11.5 Å². The number of phenols is 1. The number of aromatic nitrogens is 1. The highest BCUT2D eigenvalue weighted by Gasteiger charge is 2.43. The van der Waals surface area contributed by atoms with Gasteiger partial charge in [-0.25, -0.2) is 4.79 Å². The number of hydrogen-bond acceptors (Lipinski definition) is 5. The molecule has 2 atom stereocenters. The van der Waals surface area contributed by atoms with Crippen LogP contribution in [0.25, 0.3) is 10.9 Å². The predicted octanol–water partition coefficient (Wildman–Crippen LogP) is 3.14. The summed E-state index contributed by atoms with van der Waals surface area (Å²) < 4.78 is 10.3. The first kappa shape index (κ1) is 20.1. The van der Waals surface area contributed by atoms with Crippen molar-refractivity contribution in [2.45, 2.75) is 18.5 Å². The number of fused-ring (bicyclic) bond motifs is 3. The number of methoxy groups -OCH3 is 2. The highest BCUT2D eigenvalue weighted by atomic mass is 35.5. The van der Waals surface area contributed by atoms with E-state index in [0.717, 1.165) is 22.2 Å². The van der Waals surface area contributed by atoms with Crippen LogP contribution in [-0.4, -0.2) is 53.0 Å². The van der Waals surface area contributed by atoms with Crippen molar-refractivity contribution in [2.24, 2.45) is 0 Å². The average Bonchev–Trinajstić information content (AvgIpc) is 3.15. The van der Waals surface area contributed by atoms with Gasteiger partial charge in [-0.15, -0.1) is 11.6 Å². The van der Waals surface area contributed by atoms with Crippen molar-refractivity contribution in [3.8, 4) is 11.5 Å². The van der Waals surface area contributed by atoms with Gasteiger partial charge in [0.05, 0.1) is 20.3 Å². The Balaban J connectivity index is 1.99. The van der Waals surface area contributed by atoms with Crippen molar-refractivity contribution in [3.05, 3.63) is 59.3 Å². The molecule has 3 aromatic rings. The summed E-state index contributed by atoms with van der Waals surface area (Å²) in [5.41, 5.74) is 3.31. The Bertz CT molecular complexity index is 1130. The molecule has 8 heteroatoms. The number of hydrogen-bond donors (Lipinski definition) is 2. The molecule has 2 aromatic carbocycles. The second kappa shape index (κ2) is 7.91. The van der Waals surface area contributed by atoms with Gasteiger partial charge in [0, 0.05) is 23.0 Å². The number of nitrogens with zero attached hydrogens (tertiary/aromatic N) is 1. The van der Waals surface area contributed by atoms with Crippen molar-refractivity contribution >= 4 is 34.4 Å². The molecule has 1 aliphatic heterocycles. The Morgan fingerprint density at radius 2 is 2.00 bits per heavy atom. The van der Waals surface area contributed by atoms with Gasteiger partial charge in [-0.05, 0) is 29.3 Å². The highest BCUT2D eigenvalue weighted by Crippen LogP contribution is 2.43. The summed E-state index contributed by atoms with van der Waals surface area (Å²) in [7, 11) is 2.75. The summed E-state index contributed by atoms with van der Waals surface area (Å²) in [6.45, 7) is 0. The molecule has 1 aromatic heterocycles. The Morgan fingerprint density at radius 3 is 2.70 bits per heavy atom. The molecule has 0 bridgehead atoms. The zero-order valence-corrected chi connectivity index (χ0v) is 17.3. The lowest BCUT2D eigenvalue weighted by molar-refractivity contribution is -0.154. The first-order valence-corrected chi connectivity index (χ1v) is 9.95. The molecule has 0 saturated heterocycles. The third kappa shape index (κ3) is 3.15. The number of ether oxygens (including phenoxy) is 2. The van der Waals surface area contributed by atoms with Crippen LogP contribution in [0.15, 0.2) is 42.5 Å². The molecule has 1 aliphatic rings. The van der Waals surface area contributed by atoms with Crippen molar-refractivity contribution in [3.63, 3.8) is 0 Å². The van der Waals surface area contributed by atoms with Gasteiger partial charge in [0.15, 0.2) is 11.5 Å². The minimum absolute atomic E-state index is 0.0198. The quantitative estimate of drug-likeness (QED) is 0.492. The van der Waals surface area contributed by atoms with E-state index in [-0.39, 0.29) is 17.4 Å². The van der Waals surface area contributed by atoms with Crippen LogP contribution in [0, 0.1) is 0 Å². The van der Waals surface area contributed by atoms with Gasteiger partial charge in [-0.3, -0.25) is 4.79 Å². The van der Waals surface area contributed by atoms with Gasteiger partial charge in [0.2, 0.25) is 5.91 Å². The van der Waals surface area contributed by atoms with E-state index < -0.39 is 24.0 Å². The number of alkyl halides is 1. The molecule has 1 amide bonds. The van der Waals surface area contributed by atoms with Crippen LogP contribution in [0.2, 0.25) is 0 Å². The molecule has 0 aliphatic carbocycles. The van der Waals surface area contributed by atoms with E-state index in [4.69, 9.17) is 21.1 Å². The third-order valence-electron chi connectivity index (χ3n) is 5.53. The van der Waals surface area contributed by atoms with E-state index in [1.54, 1.807) is 12.1 Å². The fourth-order valence-corrected chi connectivity index (χ4v) is 4.33. The SMILES string of the molecule is COC(=O)[C@H]1Cc2c([nH]c3ccccc23)[C@H](c2ccc(O)c(OC)c2)N1C(=O)CCl. The lowest BCUT2D eigenvalue weighted by Crippen LogP contribution is -2.52. The summed E-state index contributed by atoms with van der Waals surface area (Å²) in [5, 5.41) is 11.0. The molecule has 0 radical (unpaired) electrons. The molecule has 4 rings (SSSR count). The number of aromatic amines is 1. The van der Waals surface area contributed by atoms with E-state index in [0.29, 0.717) is 12.0 Å². The smallest absolute Gasteiger partial charge is 0.328 e. The number of rotatable bonds is 4. The van der Waals surface area contributed by atoms with Gasteiger partial charge in [-0.1, -0.05) is 24.3 Å². The summed E-state index contributed by atoms with van der Waals surface area (Å²) in [5.74, 6) is -0.944. The number of carbonyl (C=O) groups excluding carboxylic acids is 2. The first-order valence-electron chi connectivity index (χ1n) is 9.41. The van der Waals surface area contributed by atoms with Crippen LogP contribution in [0.4, 0.5) is 0 Å². The third-order valence-corrected chi connectivity index (χ3v) is 5.76. The fraction of sp³-hybridized carbons (Fsp3) is 0.273. The number of nitrogens with one attached hydrogen (secondary N) is 1. The van der Waals surface area contributed by atoms with Crippen LogP contribution in [-0.2, 0) is 20.7 Å². The highest BCUT2D eigenvalue weighted by molar-refractivity contribution is 6.27. The number of halogens is 1. The van der Waals surface area contributed by atoms with E-state index in [1.165, 1.54) is 25.2 Å². The molecule has 2 N–H and O–H groups in total. The second-order valence-electron chi connectivity index (χ2n) is 7.07. The van der Waals surface area contributed by atoms with Gasteiger partial charge < -0.3 is 24.5 Å². The zero-order valence-electron chi connectivity index (χ0n) is 16.5. The monoisotopic (exact) mass is 428 g/mol. The van der Waals surface area contributed by atoms with Crippen LogP contribution in [0.1, 0.15) is 22.9 Å². The standard InChI is InChI=1S/C22H21ClN2O5/c1-29-18-9-12(7-8-17(18)26)21-20-14(13-5-3-4-6-15(13)24-20)10-16(22(28)30-2)25(21)19(27)11-23/h3-9,16,21,24,26H,10-11H2,1-2H3/t16-,21+/m1/s1. The molecule has 0 unspecified atom stereocenters. The van der Waals surface area contributed by atoms with Gasteiger partial charge in [0.25, 0.3) is 0 Å². The molecule has 156 valence electrons. The average molecular weight is 429 g/mol. The largest absolute Gasteiger partial charge is 0.504 e. The lowest BCUT2D eigenvalue weighted by atomic mass is 9.87. The summed E-state index contributed by atoms with van der Waals surface area (Å²) >= 11 is 5.92. The molecule has 0 fully saturated rings. The number of aromatic hydroxyl groups is 1. The van der Waals surface area contributed by atoms with Crippen molar-refractivity contribution in [2.75, 3.05) is 20.1 Å². The maximum Gasteiger partial charge on any atom is 0.328 e. The molecule has 0 saturated carbocycles. The van der Waals surface area contributed by atoms with Crippen LogP contribution in [0.3, 0.4) is 0 Å². The minimum atomic E-state index is -0.835. The van der Waals surface area contributed by atoms with Crippen LogP contribution >= 0.6 is 11.6 Å². The predicted molar refractivity (Wildman–Crippen MR) is 112 cm³/mol. The topological polar surface area (TPSA) is 91.9 Å². The molecular weight excluding hydrogens is 408 g/mol.